The fraction of sp³-hybridized carbons (Fsp3) is 0.364. The average Bonchev–Trinajstić information content (AvgIpc) is 2.17. The van der Waals surface area contributed by atoms with Gasteiger partial charge in [0.05, 0.1) is 23.8 Å². The van der Waals surface area contributed by atoms with Gasteiger partial charge in [-0.1, -0.05) is 0 Å². The Kier molecular flexibility index (Phi) is 4.29. The molecule has 0 bridgehead atoms. The van der Waals surface area contributed by atoms with Crippen LogP contribution in [0.15, 0.2) is 16.6 Å². The first-order valence-electron chi connectivity index (χ1n) is 4.46. The minimum atomic E-state index is -0.0227. The van der Waals surface area contributed by atoms with Gasteiger partial charge in [-0.2, -0.15) is 0 Å². The van der Waals surface area contributed by atoms with Crippen LogP contribution in [0.25, 0.3) is 0 Å². The van der Waals surface area contributed by atoms with Crippen molar-refractivity contribution >= 4 is 21.7 Å². The molecule has 0 aliphatic carbocycles. The highest BCUT2D eigenvalue weighted by Gasteiger charge is 2.13. The van der Waals surface area contributed by atoms with Gasteiger partial charge in [-0.15, -0.1) is 0 Å². The zero-order chi connectivity index (χ0) is 11.4. The Morgan fingerprint density at radius 2 is 2.07 bits per heavy atom. The number of carbonyl (C=O) groups is 1. The van der Waals surface area contributed by atoms with Crippen molar-refractivity contribution in [3.05, 3.63) is 27.7 Å². The topological polar surface area (TPSA) is 35.5 Å². The predicted octanol–water partition coefficient (Wildman–Crippen LogP) is 2.81. The highest BCUT2D eigenvalue weighted by molar-refractivity contribution is 9.10. The van der Waals surface area contributed by atoms with Gasteiger partial charge in [0.15, 0.2) is 5.78 Å². The van der Waals surface area contributed by atoms with Crippen LogP contribution in [0, 0.1) is 0 Å². The standard InChI is InChI=1S/C11H13BrO3/c1-7(13)9-4-8(6-14-2)5-10(12)11(9)15-3/h4-5H,6H2,1-3H3. The second-order valence-corrected chi connectivity index (χ2v) is 4.00. The Hall–Kier alpha value is -0.870. The van der Waals surface area contributed by atoms with Crippen molar-refractivity contribution < 1.29 is 14.3 Å². The molecule has 0 spiro atoms. The van der Waals surface area contributed by atoms with E-state index in [9.17, 15) is 4.79 Å². The molecule has 0 saturated carbocycles. The summed E-state index contributed by atoms with van der Waals surface area (Å²) in [7, 11) is 3.16. The van der Waals surface area contributed by atoms with Gasteiger partial charge in [-0.25, -0.2) is 0 Å². The van der Waals surface area contributed by atoms with E-state index in [1.54, 1.807) is 20.3 Å². The molecule has 0 aromatic heterocycles. The van der Waals surface area contributed by atoms with Gasteiger partial charge in [0.25, 0.3) is 0 Å². The third-order valence-corrected chi connectivity index (χ3v) is 2.59. The van der Waals surface area contributed by atoms with E-state index < -0.39 is 0 Å². The summed E-state index contributed by atoms with van der Waals surface area (Å²) < 4.78 is 10.9. The van der Waals surface area contributed by atoms with Gasteiger partial charge >= 0.3 is 0 Å². The quantitative estimate of drug-likeness (QED) is 0.791. The minimum absolute atomic E-state index is 0.0227. The first-order chi connectivity index (χ1) is 7.10. The van der Waals surface area contributed by atoms with Crippen LogP contribution in [0.4, 0.5) is 0 Å². The number of ketones is 1. The summed E-state index contributed by atoms with van der Waals surface area (Å²) in [6.45, 7) is 1.99. The molecule has 1 rings (SSSR count). The summed E-state index contributed by atoms with van der Waals surface area (Å²) in [6, 6.07) is 3.67. The average molecular weight is 273 g/mol. The number of rotatable bonds is 4. The van der Waals surface area contributed by atoms with Crippen molar-refractivity contribution in [2.75, 3.05) is 14.2 Å². The Morgan fingerprint density at radius 3 is 2.53 bits per heavy atom. The van der Waals surface area contributed by atoms with Crippen molar-refractivity contribution in [2.24, 2.45) is 0 Å². The van der Waals surface area contributed by atoms with Gasteiger partial charge < -0.3 is 9.47 Å². The predicted molar refractivity (Wildman–Crippen MR) is 61.4 cm³/mol. The first kappa shape index (κ1) is 12.2. The van der Waals surface area contributed by atoms with E-state index in [1.165, 1.54) is 6.92 Å². The number of ether oxygens (including phenoxy) is 2. The Morgan fingerprint density at radius 1 is 1.40 bits per heavy atom. The van der Waals surface area contributed by atoms with Crippen LogP contribution < -0.4 is 4.74 Å². The summed E-state index contributed by atoms with van der Waals surface area (Å²) in [5, 5.41) is 0. The summed E-state index contributed by atoms with van der Waals surface area (Å²) in [4.78, 5) is 11.4. The van der Waals surface area contributed by atoms with Crippen LogP contribution in [0.3, 0.4) is 0 Å². The molecule has 0 radical (unpaired) electrons. The second kappa shape index (κ2) is 5.28. The number of Topliss-reactive ketones (excluding diaryl/α,β-unsaturated/α-hetero) is 1. The summed E-state index contributed by atoms with van der Waals surface area (Å²) >= 11 is 3.36. The molecule has 0 aliphatic heterocycles. The molecule has 0 amide bonds. The fourth-order valence-electron chi connectivity index (χ4n) is 1.37. The molecule has 82 valence electrons. The van der Waals surface area contributed by atoms with E-state index in [0.717, 1.165) is 10.0 Å². The largest absolute Gasteiger partial charge is 0.495 e. The highest BCUT2D eigenvalue weighted by Crippen LogP contribution is 2.31. The van der Waals surface area contributed by atoms with Gasteiger partial charge in [-0.3, -0.25) is 4.79 Å². The molecule has 0 atom stereocenters. The van der Waals surface area contributed by atoms with Gasteiger partial charge in [0, 0.05) is 7.11 Å². The molecular formula is C11H13BrO3. The fourth-order valence-corrected chi connectivity index (χ4v) is 2.04. The zero-order valence-electron chi connectivity index (χ0n) is 8.96. The lowest BCUT2D eigenvalue weighted by atomic mass is 10.1. The van der Waals surface area contributed by atoms with Crippen LogP contribution in [-0.4, -0.2) is 20.0 Å². The number of halogens is 1. The molecule has 0 N–H and O–H groups in total. The van der Waals surface area contributed by atoms with Crippen molar-refractivity contribution in [3.63, 3.8) is 0 Å². The van der Waals surface area contributed by atoms with E-state index in [0.29, 0.717) is 17.9 Å². The summed E-state index contributed by atoms with van der Waals surface area (Å²) in [5.74, 6) is 0.549. The molecule has 0 unspecified atom stereocenters. The number of hydrogen-bond acceptors (Lipinski definition) is 3. The summed E-state index contributed by atoms with van der Waals surface area (Å²) in [6.07, 6.45) is 0. The third kappa shape index (κ3) is 2.79. The van der Waals surface area contributed by atoms with Crippen molar-refractivity contribution in [2.45, 2.75) is 13.5 Å². The molecule has 0 heterocycles. The Bertz CT molecular complexity index is 374. The van der Waals surface area contributed by atoms with E-state index >= 15 is 0 Å². The molecule has 15 heavy (non-hydrogen) atoms. The number of methoxy groups -OCH3 is 2. The molecule has 0 fully saturated rings. The maximum Gasteiger partial charge on any atom is 0.163 e. The lowest BCUT2D eigenvalue weighted by Crippen LogP contribution is -2.01. The molecule has 0 saturated heterocycles. The third-order valence-electron chi connectivity index (χ3n) is 2.00. The molecular weight excluding hydrogens is 260 g/mol. The number of benzene rings is 1. The maximum atomic E-state index is 11.4. The van der Waals surface area contributed by atoms with Crippen LogP contribution in [0.1, 0.15) is 22.8 Å². The molecule has 1 aromatic carbocycles. The van der Waals surface area contributed by atoms with E-state index in [4.69, 9.17) is 9.47 Å². The monoisotopic (exact) mass is 272 g/mol. The van der Waals surface area contributed by atoms with Crippen LogP contribution in [-0.2, 0) is 11.3 Å². The molecule has 4 heteroatoms. The van der Waals surface area contributed by atoms with Crippen molar-refractivity contribution in [1.29, 1.82) is 0 Å². The highest BCUT2D eigenvalue weighted by atomic mass is 79.9. The van der Waals surface area contributed by atoms with E-state index in [1.807, 2.05) is 6.07 Å². The first-order valence-corrected chi connectivity index (χ1v) is 5.25. The van der Waals surface area contributed by atoms with Gasteiger partial charge in [0.1, 0.15) is 5.75 Å². The van der Waals surface area contributed by atoms with E-state index in [2.05, 4.69) is 15.9 Å². The van der Waals surface area contributed by atoms with Crippen molar-refractivity contribution in [1.82, 2.24) is 0 Å². The number of hydrogen-bond donors (Lipinski definition) is 0. The Labute approximate surface area is 97.5 Å². The SMILES string of the molecule is COCc1cc(Br)c(OC)c(C(C)=O)c1. The molecule has 0 aliphatic rings. The van der Waals surface area contributed by atoms with Gasteiger partial charge in [-0.05, 0) is 40.5 Å². The Balaban J connectivity index is 3.25. The van der Waals surface area contributed by atoms with Crippen LogP contribution in [0.5, 0.6) is 5.75 Å². The second-order valence-electron chi connectivity index (χ2n) is 3.15. The maximum absolute atomic E-state index is 11.4. The van der Waals surface area contributed by atoms with Crippen LogP contribution >= 0.6 is 15.9 Å². The number of carbonyl (C=O) groups excluding carboxylic acids is 1. The molecule has 3 nitrogen and oxygen atoms in total. The lowest BCUT2D eigenvalue weighted by Gasteiger charge is -2.10. The zero-order valence-corrected chi connectivity index (χ0v) is 10.6. The van der Waals surface area contributed by atoms with E-state index in [-0.39, 0.29) is 5.78 Å². The minimum Gasteiger partial charge on any atom is -0.495 e. The summed E-state index contributed by atoms with van der Waals surface area (Å²) in [5.41, 5.74) is 1.51. The van der Waals surface area contributed by atoms with Gasteiger partial charge in [0.2, 0.25) is 0 Å². The normalized spacial score (nSPS) is 10.1. The lowest BCUT2D eigenvalue weighted by molar-refractivity contribution is 0.101. The van der Waals surface area contributed by atoms with Crippen molar-refractivity contribution in [3.8, 4) is 5.75 Å². The van der Waals surface area contributed by atoms with Crippen LogP contribution in [0.2, 0.25) is 0 Å². The smallest absolute Gasteiger partial charge is 0.163 e. The molecule has 1 aromatic rings.